The lowest BCUT2D eigenvalue weighted by molar-refractivity contribution is -0.188. The molecule has 1 aromatic rings. The Bertz CT molecular complexity index is 623. The highest BCUT2D eigenvalue weighted by atomic mass is 16.5. The van der Waals surface area contributed by atoms with E-state index < -0.39 is 12.2 Å². The first-order valence-corrected chi connectivity index (χ1v) is 10.6. The summed E-state index contributed by atoms with van der Waals surface area (Å²) in [7, 11) is 0. The summed E-state index contributed by atoms with van der Waals surface area (Å²) < 4.78 is 12.0. The zero-order valence-corrected chi connectivity index (χ0v) is 16.9. The molecule has 0 unspecified atom stereocenters. The second-order valence-corrected chi connectivity index (χ2v) is 8.38. The number of nitrogens with zero attached hydrogens (tertiary/aromatic N) is 1. The Morgan fingerprint density at radius 3 is 2.31 bits per heavy atom. The Hall–Kier alpha value is -1.67. The molecule has 1 saturated carbocycles. The van der Waals surface area contributed by atoms with Gasteiger partial charge in [-0.15, -0.1) is 0 Å². The molecule has 2 saturated heterocycles. The number of aliphatic hydroxyl groups excluding tert-OH is 2. The van der Waals surface area contributed by atoms with Gasteiger partial charge in [-0.2, -0.15) is 0 Å². The Kier molecular flexibility index (Phi) is 7.89. The summed E-state index contributed by atoms with van der Waals surface area (Å²) in [6.45, 7) is 2.86. The van der Waals surface area contributed by atoms with Crippen molar-refractivity contribution in [2.75, 3.05) is 19.7 Å². The van der Waals surface area contributed by atoms with Crippen molar-refractivity contribution < 1.29 is 29.6 Å². The van der Waals surface area contributed by atoms with Crippen LogP contribution in [0.5, 0.6) is 5.75 Å². The zero-order chi connectivity index (χ0) is 20.7. The molecule has 2 aliphatic heterocycles. The average molecular weight is 408 g/mol. The standard InChI is InChI=1S/C21H31NO4.CH2O2/c23-19-13-21(25-15-20(19)24)9-11-22(12-10-21)14-16-5-7-18(8-6-16)26-17-3-1-2-4-17;2-1-3/h5-8,17,19-20,23-24H,1-4,9-15H2;1H,(H,2,3)/t19-,20+;/m1./s1. The SMILES string of the molecule is O=CO.O[C@@H]1CC2(CCN(Cc3ccc(OC4CCCC4)cc3)CC2)OC[C@@H]1O. The van der Waals surface area contributed by atoms with Crippen molar-refractivity contribution in [2.24, 2.45) is 0 Å². The third kappa shape index (κ3) is 6.15. The first-order chi connectivity index (χ1) is 14.0. The number of hydrogen-bond acceptors (Lipinski definition) is 6. The molecule has 7 heteroatoms. The molecule has 7 nitrogen and oxygen atoms in total. The maximum atomic E-state index is 9.97. The molecule has 2 atom stereocenters. The molecule has 0 aromatic heterocycles. The van der Waals surface area contributed by atoms with Gasteiger partial charge in [-0.1, -0.05) is 12.1 Å². The van der Waals surface area contributed by atoms with Crippen molar-refractivity contribution >= 4 is 6.47 Å². The maximum absolute atomic E-state index is 9.97. The predicted octanol–water partition coefficient (Wildman–Crippen LogP) is 2.19. The number of piperidine rings is 1. The van der Waals surface area contributed by atoms with E-state index >= 15 is 0 Å². The molecule has 4 rings (SSSR count). The van der Waals surface area contributed by atoms with E-state index in [0.29, 0.717) is 12.5 Å². The van der Waals surface area contributed by atoms with E-state index in [-0.39, 0.29) is 18.7 Å². The minimum Gasteiger partial charge on any atom is -0.490 e. The summed E-state index contributed by atoms with van der Waals surface area (Å²) in [5.41, 5.74) is 1.06. The molecule has 0 bridgehead atoms. The smallest absolute Gasteiger partial charge is 0.290 e. The number of likely N-dealkylation sites (tertiary alicyclic amines) is 1. The fraction of sp³-hybridized carbons (Fsp3) is 0.682. The molecular weight excluding hydrogens is 374 g/mol. The first-order valence-electron chi connectivity index (χ1n) is 10.6. The lowest BCUT2D eigenvalue weighted by Crippen LogP contribution is -2.54. The van der Waals surface area contributed by atoms with Crippen LogP contribution in [0.3, 0.4) is 0 Å². The van der Waals surface area contributed by atoms with Crippen LogP contribution in [-0.4, -0.2) is 70.3 Å². The highest BCUT2D eigenvalue weighted by molar-refractivity contribution is 5.32. The Morgan fingerprint density at radius 1 is 1.10 bits per heavy atom. The van der Waals surface area contributed by atoms with Crippen molar-refractivity contribution in [3.05, 3.63) is 29.8 Å². The molecule has 1 spiro atoms. The van der Waals surface area contributed by atoms with Gasteiger partial charge in [0.25, 0.3) is 6.47 Å². The van der Waals surface area contributed by atoms with Crippen molar-refractivity contribution in [1.29, 1.82) is 0 Å². The van der Waals surface area contributed by atoms with E-state index in [1.54, 1.807) is 0 Å². The molecule has 2 heterocycles. The maximum Gasteiger partial charge on any atom is 0.290 e. The van der Waals surface area contributed by atoms with Gasteiger partial charge in [0.15, 0.2) is 0 Å². The molecule has 3 aliphatic rings. The van der Waals surface area contributed by atoms with Crippen molar-refractivity contribution in [1.82, 2.24) is 4.90 Å². The van der Waals surface area contributed by atoms with Crippen LogP contribution >= 0.6 is 0 Å². The molecule has 162 valence electrons. The van der Waals surface area contributed by atoms with Crippen molar-refractivity contribution in [2.45, 2.75) is 75.4 Å². The number of benzene rings is 1. The van der Waals surface area contributed by atoms with E-state index in [0.717, 1.165) is 38.2 Å². The van der Waals surface area contributed by atoms with Gasteiger partial charge in [0, 0.05) is 26.1 Å². The van der Waals surface area contributed by atoms with Gasteiger partial charge in [0.05, 0.1) is 24.4 Å². The zero-order valence-electron chi connectivity index (χ0n) is 16.9. The van der Waals surface area contributed by atoms with Gasteiger partial charge in [0.2, 0.25) is 0 Å². The summed E-state index contributed by atoms with van der Waals surface area (Å²) in [5, 5.41) is 26.5. The minimum atomic E-state index is -0.733. The van der Waals surface area contributed by atoms with Gasteiger partial charge in [-0.05, 0) is 56.2 Å². The second-order valence-electron chi connectivity index (χ2n) is 8.38. The van der Waals surface area contributed by atoms with E-state index in [9.17, 15) is 10.2 Å². The predicted molar refractivity (Wildman–Crippen MR) is 108 cm³/mol. The lowest BCUT2D eigenvalue weighted by Gasteiger charge is -2.46. The number of hydrogen-bond donors (Lipinski definition) is 3. The van der Waals surface area contributed by atoms with Gasteiger partial charge in [-0.3, -0.25) is 9.69 Å². The van der Waals surface area contributed by atoms with Crippen LogP contribution in [0.2, 0.25) is 0 Å². The lowest BCUT2D eigenvalue weighted by atomic mass is 9.82. The number of carbonyl (C=O) groups is 1. The van der Waals surface area contributed by atoms with Crippen molar-refractivity contribution in [3.8, 4) is 5.75 Å². The highest BCUT2D eigenvalue weighted by Gasteiger charge is 2.42. The highest BCUT2D eigenvalue weighted by Crippen LogP contribution is 2.35. The molecule has 0 radical (unpaired) electrons. The number of carboxylic acid groups (broad SMARTS) is 1. The summed E-state index contributed by atoms with van der Waals surface area (Å²) in [6, 6.07) is 8.54. The van der Waals surface area contributed by atoms with E-state index in [4.69, 9.17) is 19.4 Å². The third-order valence-corrected chi connectivity index (χ3v) is 6.29. The van der Waals surface area contributed by atoms with Crippen molar-refractivity contribution in [3.63, 3.8) is 0 Å². The van der Waals surface area contributed by atoms with Crippen LogP contribution in [0.25, 0.3) is 0 Å². The molecule has 1 aromatic carbocycles. The van der Waals surface area contributed by atoms with Crippen LogP contribution in [-0.2, 0) is 16.1 Å². The Labute approximate surface area is 172 Å². The summed E-state index contributed by atoms with van der Waals surface area (Å²) in [6.07, 6.45) is 6.36. The van der Waals surface area contributed by atoms with Gasteiger partial charge in [-0.25, -0.2) is 0 Å². The topological polar surface area (TPSA) is 99.5 Å². The number of rotatable bonds is 4. The summed E-state index contributed by atoms with van der Waals surface area (Å²) in [4.78, 5) is 10.8. The molecule has 3 fully saturated rings. The van der Waals surface area contributed by atoms with Crippen LogP contribution in [0, 0.1) is 0 Å². The molecule has 29 heavy (non-hydrogen) atoms. The van der Waals surface area contributed by atoms with Gasteiger partial charge < -0.3 is 24.8 Å². The quantitative estimate of drug-likeness (QED) is 0.658. The van der Waals surface area contributed by atoms with E-state index in [1.165, 1.54) is 31.2 Å². The molecule has 3 N–H and O–H groups in total. The van der Waals surface area contributed by atoms with E-state index in [1.807, 2.05) is 0 Å². The third-order valence-electron chi connectivity index (χ3n) is 6.29. The largest absolute Gasteiger partial charge is 0.490 e. The van der Waals surface area contributed by atoms with Gasteiger partial charge in [0.1, 0.15) is 11.9 Å². The Morgan fingerprint density at radius 2 is 1.72 bits per heavy atom. The second kappa shape index (κ2) is 10.4. The normalized spacial score (nSPS) is 27.2. The number of ether oxygens (including phenoxy) is 2. The molecular formula is C22H33NO6. The Balaban J connectivity index is 0.000000755. The van der Waals surface area contributed by atoms with Crippen LogP contribution in [0.1, 0.15) is 50.5 Å². The molecule has 0 amide bonds. The van der Waals surface area contributed by atoms with Crippen LogP contribution in [0.15, 0.2) is 24.3 Å². The monoisotopic (exact) mass is 407 g/mol. The molecule has 1 aliphatic carbocycles. The van der Waals surface area contributed by atoms with Gasteiger partial charge >= 0.3 is 0 Å². The summed E-state index contributed by atoms with van der Waals surface area (Å²) in [5.74, 6) is 0.987. The minimum absolute atomic E-state index is 0.242. The van der Waals surface area contributed by atoms with Crippen LogP contribution in [0.4, 0.5) is 0 Å². The van der Waals surface area contributed by atoms with E-state index in [2.05, 4.69) is 29.2 Å². The van der Waals surface area contributed by atoms with Crippen LogP contribution < -0.4 is 4.74 Å². The first kappa shape index (κ1) is 22.0. The average Bonchev–Trinajstić information content (AvgIpc) is 3.22. The fourth-order valence-corrected chi connectivity index (χ4v) is 4.55. The summed E-state index contributed by atoms with van der Waals surface area (Å²) >= 11 is 0. The number of aliphatic hydroxyl groups is 2. The fourth-order valence-electron chi connectivity index (χ4n) is 4.55.